The van der Waals surface area contributed by atoms with Crippen molar-refractivity contribution in [1.29, 1.82) is 0 Å². The van der Waals surface area contributed by atoms with Gasteiger partial charge in [0.05, 0.1) is 12.7 Å². The van der Waals surface area contributed by atoms with Gasteiger partial charge in [0.1, 0.15) is 5.75 Å². The van der Waals surface area contributed by atoms with E-state index in [-0.39, 0.29) is 29.4 Å². The third kappa shape index (κ3) is 3.48. The quantitative estimate of drug-likeness (QED) is 0.766. The van der Waals surface area contributed by atoms with Crippen LogP contribution >= 0.6 is 0 Å². The van der Waals surface area contributed by atoms with Crippen LogP contribution in [-0.4, -0.2) is 12.9 Å². The zero-order valence-corrected chi connectivity index (χ0v) is 10.5. The maximum atomic E-state index is 12.8. The van der Waals surface area contributed by atoms with E-state index in [0.717, 1.165) is 6.07 Å². The van der Waals surface area contributed by atoms with Crippen LogP contribution in [0.4, 0.5) is 13.2 Å². The van der Waals surface area contributed by atoms with Crippen molar-refractivity contribution in [2.45, 2.75) is 26.4 Å². The van der Waals surface area contributed by atoms with Crippen molar-refractivity contribution in [1.82, 2.24) is 0 Å². The van der Waals surface area contributed by atoms with E-state index in [1.54, 1.807) is 0 Å². The number of hydrogen-bond acceptors (Lipinski definition) is 2. The molecule has 1 aromatic rings. The van der Waals surface area contributed by atoms with Crippen LogP contribution in [0.3, 0.4) is 0 Å². The number of Topliss-reactive ketones (excluding diaryl/α,β-unsaturated/α-hetero) is 1. The highest BCUT2D eigenvalue weighted by molar-refractivity contribution is 5.96. The minimum Gasteiger partial charge on any atom is -0.496 e. The Labute approximate surface area is 104 Å². The lowest BCUT2D eigenvalue weighted by Gasteiger charge is -2.13. The van der Waals surface area contributed by atoms with Crippen molar-refractivity contribution in [3.8, 4) is 5.75 Å². The standard InChI is InChI=1S/C13H15F3O2/c1-8(2)6-11(17)9-4-5-12(18-3)10(7-9)13(14,15)16/h4-5,7-8H,6H2,1-3H3. The van der Waals surface area contributed by atoms with Gasteiger partial charge in [0.25, 0.3) is 0 Å². The molecule has 100 valence electrons. The molecular weight excluding hydrogens is 245 g/mol. The molecule has 0 saturated heterocycles. The smallest absolute Gasteiger partial charge is 0.419 e. The molecule has 0 saturated carbocycles. The Hall–Kier alpha value is -1.52. The van der Waals surface area contributed by atoms with Gasteiger partial charge in [-0.3, -0.25) is 4.79 Å². The predicted molar refractivity (Wildman–Crippen MR) is 61.8 cm³/mol. The summed E-state index contributed by atoms with van der Waals surface area (Å²) >= 11 is 0. The van der Waals surface area contributed by atoms with E-state index in [0.29, 0.717) is 0 Å². The molecule has 1 aromatic carbocycles. The number of rotatable bonds is 4. The Morgan fingerprint density at radius 3 is 2.39 bits per heavy atom. The fourth-order valence-corrected chi connectivity index (χ4v) is 1.59. The number of hydrogen-bond donors (Lipinski definition) is 0. The Bertz CT molecular complexity index is 436. The highest BCUT2D eigenvalue weighted by Crippen LogP contribution is 2.36. The van der Waals surface area contributed by atoms with Gasteiger partial charge in [-0.2, -0.15) is 13.2 Å². The molecule has 2 nitrogen and oxygen atoms in total. The number of methoxy groups -OCH3 is 1. The molecule has 0 heterocycles. The molecular formula is C13H15F3O2. The van der Waals surface area contributed by atoms with Gasteiger partial charge in [0.2, 0.25) is 0 Å². The number of ketones is 1. The van der Waals surface area contributed by atoms with Crippen molar-refractivity contribution in [3.63, 3.8) is 0 Å². The number of benzene rings is 1. The fraction of sp³-hybridized carbons (Fsp3) is 0.462. The van der Waals surface area contributed by atoms with Gasteiger partial charge in [-0.25, -0.2) is 0 Å². The second-order valence-corrected chi connectivity index (χ2v) is 4.43. The number of ether oxygens (including phenoxy) is 1. The molecule has 18 heavy (non-hydrogen) atoms. The summed E-state index contributed by atoms with van der Waals surface area (Å²) < 4.78 is 42.9. The molecule has 0 aliphatic heterocycles. The molecule has 0 aromatic heterocycles. The molecule has 5 heteroatoms. The van der Waals surface area contributed by atoms with Crippen molar-refractivity contribution in [2.24, 2.45) is 5.92 Å². The van der Waals surface area contributed by atoms with Crippen molar-refractivity contribution in [2.75, 3.05) is 7.11 Å². The van der Waals surface area contributed by atoms with Crippen LogP contribution in [-0.2, 0) is 6.18 Å². The summed E-state index contributed by atoms with van der Waals surface area (Å²) in [5, 5.41) is 0. The molecule has 0 bridgehead atoms. The third-order valence-electron chi connectivity index (χ3n) is 2.42. The normalized spacial score (nSPS) is 11.7. The first-order valence-corrected chi connectivity index (χ1v) is 5.54. The first-order valence-electron chi connectivity index (χ1n) is 5.54. The molecule has 0 aliphatic rings. The Morgan fingerprint density at radius 2 is 1.94 bits per heavy atom. The summed E-state index contributed by atoms with van der Waals surface area (Å²) in [5.41, 5.74) is -0.851. The topological polar surface area (TPSA) is 26.3 Å². The van der Waals surface area contributed by atoms with Gasteiger partial charge in [-0.05, 0) is 24.1 Å². The summed E-state index contributed by atoms with van der Waals surface area (Å²) in [6.07, 6.45) is -4.30. The monoisotopic (exact) mass is 260 g/mol. The van der Waals surface area contributed by atoms with E-state index in [4.69, 9.17) is 0 Å². The highest BCUT2D eigenvalue weighted by atomic mass is 19.4. The van der Waals surface area contributed by atoms with Crippen LogP contribution in [0, 0.1) is 5.92 Å². The minimum absolute atomic E-state index is 0.0665. The van der Waals surface area contributed by atoms with Crippen molar-refractivity contribution < 1.29 is 22.7 Å². The minimum atomic E-state index is -4.53. The van der Waals surface area contributed by atoms with Gasteiger partial charge in [-0.15, -0.1) is 0 Å². The average Bonchev–Trinajstić information content (AvgIpc) is 2.26. The molecule has 1 rings (SSSR count). The van der Waals surface area contributed by atoms with E-state index < -0.39 is 11.7 Å². The molecule has 0 N–H and O–H groups in total. The van der Waals surface area contributed by atoms with Crippen molar-refractivity contribution in [3.05, 3.63) is 29.3 Å². The Balaban J connectivity index is 3.15. The fourth-order valence-electron chi connectivity index (χ4n) is 1.59. The SMILES string of the molecule is COc1ccc(C(=O)CC(C)C)cc1C(F)(F)F. The van der Waals surface area contributed by atoms with Crippen LogP contribution in [0.25, 0.3) is 0 Å². The first kappa shape index (κ1) is 14.5. The summed E-state index contributed by atoms with van der Waals surface area (Å²) in [6, 6.07) is 3.39. The van der Waals surface area contributed by atoms with Crippen LogP contribution in [0.1, 0.15) is 36.2 Å². The second-order valence-electron chi connectivity index (χ2n) is 4.43. The second kappa shape index (κ2) is 5.42. The Kier molecular flexibility index (Phi) is 4.38. The average molecular weight is 260 g/mol. The van der Waals surface area contributed by atoms with Gasteiger partial charge < -0.3 is 4.74 Å². The lowest BCUT2D eigenvalue weighted by Crippen LogP contribution is -2.10. The first-order chi connectivity index (χ1) is 8.25. The van der Waals surface area contributed by atoms with Crippen molar-refractivity contribution >= 4 is 5.78 Å². The van der Waals surface area contributed by atoms with E-state index in [1.165, 1.54) is 19.2 Å². The van der Waals surface area contributed by atoms with E-state index in [1.807, 2.05) is 13.8 Å². The molecule has 0 unspecified atom stereocenters. The summed E-state index contributed by atoms with van der Waals surface area (Å²) in [7, 11) is 1.17. The summed E-state index contributed by atoms with van der Waals surface area (Å²) in [5.74, 6) is -0.462. The van der Waals surface area contributed by atoms with Gasteiger partial charge >= 0.3 is 6.18 Å². The third-order valence-corrected chi connectivity index (χ3v) is 2.42. The molecule has 0 fully saturated rings. The number of halogens is 3. The zero-order valence-electron chi connectivity index (χ0n) is 10.5. The van der Waals surface area contributed by atoms with Crippen LogP contribution in [0.15, 0.2) is 18.2 Å². The summed E-state index contributed by atoms with van der Waals surface area (Å²) in [6.45, 7) is 3.68. The Morgan fingerprint density at radius 1 is 1.33 bits per heavy atom. The maximum Gasteiger partial charge on any atom is 0.419 e. The lowest BCUT2D eigenvalue weighted by molar-refractivity contribution is -0.138. The van der Waals surface area contributed by atoms with E-state index >= 15 is 0 Å². The van der Waals surface area contributed by atoms with Crippen LogP contribution in [0.5, 0.6) is 5.75 Å². The molecule has 0 aliphatic carbocycles. The van der Waals surface area contributed by atoms with E-state index in [2.05, 4.69) is 4.74 Å². The lowest BCUT2D eigenvalue weighted by atomic mass is 9.99. The molecule has 0 spiro atoms. The number of alkyl halides is 3. The van der Waals surface area contributed by atoms with Crippen LogP contribution < -0.4 is 4.74 Å². The van der Waals surface area contributed by atoms with E-state index in [9.17, 15) is 18.0 Å². The van der Waals surface area contributed by atoms with Gasteiger partial charge in [-0.1, -0.05) is 13.8 Å². The largest absolute Gasteiger partial charge is 0.496 e. The van der Waals surface area contributed by atoms with Crippen LogP contribution in [0.2, 0.25) is 0 Å². The summed E-state index contributed by atoms with van der Waals surface area (Å²) in [4.78, 5) is 11.7. The van der Waals surface area contributed by atoms with Gasteiger partial charge in [0.15, 0.2) is 5.78 Å². The zero-order chi connectivity index (χ0) is 13.9. The van der Waals surface area contributed by atoms with Gasteiger partial charge in [0, 0.05) is 12.0 Å². The molecule has 0 radical (unpaired) electrons. The molecule has 0 atom stereocenters. The number of carbonyl (C=O) groups is 1. The highest BCUT2D eigenvalue weighted by Gasteiger charge is 2.34. The molecule has 0 amide bonds. The predicted octanol–water partition coefficient (Wildman–Crippen LogP) is 3.94. The number of carbonyl (C=O) groups excluding carboxylic acids is 1. The maximum absolute atomic E-state index is 12.8.